The Bertz CT molecular complexity index is 936. The zero-order valence-corrected chi connectivity index (χ0v) is 14.7. The number of fused-ring (bicyclic) bond motifs is 1. The first-order valence-corrected chi connectivity index (χ1v) is 8.71. The number of alkyl halides is 3. The molecular formula is C18H16F3N5O2. The molecule has 28 heavy (non-hydrogen) atoms. The number of hydrogen-bond donors (Lipinski definition) is 0. The van der Waals surface area contributed by atoms with Gasteiger partial charge in [-0.3, -0.25) is 14.6 Å². The van der Waals surface area contributed by atoms with Gasteiger partial charge in [-0.15, -0.1) is 0 Å². The molecule has 1 aromatic carbocycles. The molecule has 146 valence electrons. The zero-order chi connectivity index (χ0) is 19.9. The summed E-state index contributed by atoms with van der Waals surface area (Å²) in [4.78, 5) is 17.9. The maximum atomic E-state index is 12.9. The van der Waals surface area contributed by atoms with Gasteiger partial charge in [0.25, 0.3) is 0 Å². The van der Waals surface area contributed by atoms with Crippen molar-refractivity contribution in [2.45, 2.75) is 12.2 Å². The van der Waals surface area contributed by atoms with Gasteiger partial charge in [-0.1, -0.05) is 17.3 Å². The number of carbonyl (C=O) groups excluding carboxylic acids is 1. The van der Waals surface area contributed by atoms with Crippen LogP contribution in [0.3, 0.4) is 0 Å². The standard InChI is InChI=1S/C18H16F3N5O2/c19-18(20,21)13-3-1-2-12(8-13)14-9-16(28-23-14)26-7-6-25-5-4-24(11-22)10-15(25)17(26)27/h1-3,8-9,15H,4-7,10H2. The van der Waals surface area contributed by atoms with E-state index in [-0.39, 0.29) is 23.0 Å². The Labute approximate surface area is 158 Å². The average molecular weight is 391 g/mol. The Kier molecular flexibility index (Phi) is 4.47. The number of piperazine rings is 2. The van der Waals surface area contributed by atoms with Crippen molar-refractivity contribution in [1.82, 2.24) is 15.0 Å². The molecular weight excluding hydrogens is 375 g/mol. The topological polar surface area (TPSA) is 76.6 Å². The number of carbonyl (C=O) groups is 1. The number of aromatic nitrogens is 1. The molecule has 0 saturated carbocycles. The van der Waals surface area contributed by atoms with Gasteiger partial charge in [0.1, 0.15) is 11.7 Å². The number of benzene rings is 1. The van der Waals surface area contributed by atoms with E-state index in [0.29, 0.717) is 32.7 Å². The fraction of sp³-hybridized carbons (Fsp3) is 0.389. The van der Waals surface area contributed by atoms with Crippen LogP contribution in [0.2, 0.25) is 0 Å². The van der Waals surface area contributed by atoms with E-state index >= 15 is 0 Å². The van der Waals surface area contributed by atoms with E-state index in [0.717, 1.165) is 12.1 Å². The zero-order valence-electron chi connectivity index (χ0n) is 14.7. The molecule has 1 amide bonds. The molecule has 0 aliphatic carbocycles. The van der Waals surface area contributed by atoms with Crippen LogP contribution in [-0.2, 0) is 11.0 Å². The van der Waals surface area contributed by atoms with Crippen LogP contribution >= 0.6 is 0 Å². The van der Waals surface area contributed by atoms with Crippen LogP contribution < -0.4 is 4.90 Å². The Morgan fingerprint density at radius 3 is 2.71 bits per heavy atom. The van der Waals surface area contributed by atoms with Crippen molar-refractivity contribution in [3.8, 4) is 17.5 Å². The Hall–Kier alpha value is -3.06. The van der Waals surface area contributed by atoms with Gasteiger partial charge >= 0.3 is 6.18 Å². The van der Waals surface area contributed by atoms with Gasteiger partial charge in [0.05, 0.1) is 12.1 Å². The molecule has 10 heteroatoms. The second-order valence-corrected chi connectivity index (χ2v) is 6.72. The lowest BCUT2D eigenvalue weighted by molar-refractivity contribution is -0.137. The number of anilines is 1. The van der Waals surface area contributed by atoms with Crippen molar-refractivity contribution >= 4 is 11.8 Å². The fourth-order valence-corrected chi connectivity index (χ4v) is 3.53. The molecule has 2 fully saturated rings. The van der Waals surface area contributed by atoms with Crippen molar-refractivity contribution < 1.29 is 22.5 Å². The molecule has 0 N–H and O–H groups in total. The Morgan fingerprint density at radius 1 is 1.18 bits per heavy atom. The number of hydrogen-bond acceptors (Lipinski definition) is 6. The minimum atomic E-state index is -4.46. The monoisotopic (exact) mass is 391 g/mol. The van der Waals surface area contributed by atoms with Crippen LogP contribution in [0.15, 0.2) is 34.9 Å². The van der Waals surface area contributed by atoms with Gasteiger partial charge in [-0.25, -0.2) is 0 Å². The maximum Gasteiger partial charge on any atom is 0.416 e. The highest BCUT2D eigenvalue weighted by molar-refractivity contribution is 5.97. The summed E-state index contributed by atoms with van der Waals surface area (Å²) >= 11 is 0. The highest BCUT2D eigenvalue weighted by Crippen LogP contribution is 2.33. The number of nitrogens with zero attached hydrogens (tertiary/aromatic N) is 5. The van der Waals surface area contributed by atoms with Gasteiger partial charge in [-0.05, 0) is 12.1 Å². The summed E-state index contributed by atoms with van der Waals surface area (Å²) < 4.78 is 44.0. The first-order valence-electron chi connectivity index (χ1n) is 8.71. The summed E-state index contributed by atoms with van der Waals surface area (Å²) in [6, 6.07) is 5.79. The van der Waals surface area contributed by atoms with Crippen LogP contribution in [-0.4, -0.2) is 59.6 Å². The van der Waals surface area contributed by atoms with E-state index in [4.69, 9.17) is 9.78 Å². The molecule has 0 radical (unpaired) electrons. The highest BCUT2D eigenvalue weighted by atomic mass is 19.4. The maximum absolute atomic E-state index is 12.9. The van der Waals surface area contributed by atoms with E-state index < -0.39 is 17.8 Å². The largest absolute Gasteiger partial charge is 0.416 e. The third-order valence-corrected chi connectivity index (χ3v) is 5.04. The predicted molar refractivity (Wildman–Crippen MR) is 91.8 cm³/mol. The van der Waals surface area contributed by atoms with E-state index in [1.54, 1.807) is 0 Å². The molecule has 2 aliphatic heterocycles. The third-order valence-electron chi connectivity index (χ3n) is 5.04. The van der Waals surface area contributed by atoms with Gasteiger partial charge in [0.2, 0.25) is 11.8 Å². The first-order chi connectivity index (χ1) is 13.4. The lowest BCUT2D eigenvalue weighted by Crippen LogP contribution is -2.64. The molecule has 0 bridgehead atoms. The van der Waals surface area contributed by atoms with Crippen molar-refractivity contribution in [2.24, 2.45) is 0 Å². The summed E-state index contributed by atoms with van der Waals surface area (Å²) in [5.74, 6) is -0.0240. The normalized spacial score (nSPS) is 20.8. The van der Waals surface area contributed by atoms with Gasteiger partial charge in [0.15, 0.2) is 6.19 Å². The van der Waals surface area contributed by atoms with Gasteiger partial charge in [-0.2, -0.15) is 18.4 Å². The summed E-state index contributed by atoms with van der Waals surface area (Å²) in [5, 5.41) is 12.9. The number of nitriles is 1. The van der Waals surface area contributed by atoms with Crippen LogP contribution in [0.5, 0.6) is 0 Å². The molecule has 4 rings (SSSR count). The summed E-state index contributed by atoms with van der Waals surface area (Å²) in [5.41, 5.74) is -0.305. The molecule has 1 aromatic heterocycles. The molecule has 0 spiro atoms. The Morgan fingerprint density at radius 2 is 1.96 bits per heavy atom. The van der Waals surface area contributed by atoms with Crippen LogP contribution in [0.4, 0.5) is 19.1 Å². The molecule has 3 heterocycles. The molecule has 7 nitrogen and oxygen atoms in total. The lowest BCUT2D eigenvalue weighted by atomic mass is 10.1. The molecule has 2 aromatic rings. The van der Waals surface area contributed by atoms with Crippen LogP contribution in [0.25, 0.3) is 11.3 Å². The molecule has 2 aliphatic rings. The lowest BCUT2D eigenvalue weighted by Gasteiger charge is -2.44. The molecule has 1 unspecified atom stereocenters. The smallest absolute Gasteiger partial charge is 0.338 e. The fourth-order valence-electron chi connectivity index (χ4n) is 3.53. The number of rotatable bonds is 2. The second kappa shape index (κ2) is 6.83. The molecule has 2 saturated heterocycles. The SMILES string of the molecule is N#CN1CCN2CCN(c3cc(-c4cccc(C(F)(F)F)c4)no3)C(=O)C2C1. The minimum absolute atomic E-state index is 0.186. The molecule has 1 atom stereocenters. The van der Waals surface area contributed by atoms with Crippen LogP contribution in [0.1, 0.15) is 5.56 Å². The van der Waals surface area contributed by atoms with E-state index in [1.165, 1.54) is 28.0 Å². The highest BCUT2D eigenvalue weighted by Gasteiger charge is 2.40. The van der Waals surface area contributed by atoms with Crippen molar-refractivity contribution in [3.63, 3.8) is 0 Å². The summed E-state index contributed by atoms with van der Waals surface area (Å²) in [7, 11) is 0. The quantitative estimate of drug-likeness (QED) is 0.731. The van der Waals surface area contributed by atoms with E-state index in [2.05, 4.69) is 11.3 Å². The summed E-state index contributed by atoms with van der Waals surface area (Å²) in [6.45, 7) is 2.53. The second-order valence-electron chi connectivity index (χ2n) is 6.72. The van der Waals surface area contributed by atoms with E-state index in [1.807, 2.05) is 4.90 Å². The van der Waals surface area contributed by atoms with Crippen molar-refractivity contribution in [1.29, 1.82) is 5.26 Å². The van der Waals surface area contributed by atoms with E-state index in [9.17, 15) is 18.0 Å². The average Bonchev–Trinajstić information content (AvgIpc) is 3.17. The minimum Gasteiger partial charge on any atom is -0.338 e. The van der Waals surface area contributed by atoms with Gasteiger partial charge in [0, 0.05) is 37.8 Å². The Balaban J connectivity index is 1.56. The van der Waals surface area contributed by atoms with Crippen molar-refractivity contribution in [2.75, 3.05) is 37.6 Å². The first kappa shape index (κ1) is 18.3. The van der Waals surface area contributed by atoms with Crippen LogP contribution in [0, 0.1) is 11.5 Å². The number of amides is 1. The predicted octanol–water partition coefficient (Wildman–Crippen LogP) is 2.17. The van der Waals surface area contributed by atoms with Gasteiger partial charge < -0.3 is 9.42 Å². The summed E-state index contributed by atoms with van der Waals surface area (Å²) in [6.07, 6.45) is -2.39. The third kappa shape index (κ3) is 3.29. The number of halogens is 3. The van der Waals surface area contributed by atoms with Crippen molar-refractivity contribution in [3.05, 3.63) is 35.9 Å².